The van der Waals surface area contributed by atoms with Crippen molar-refractivity contribution in [3.05, 3.63) is 29.8 Å². The van der Waals surface area contributed by atoms with Gasteiger partial charge in [0, 0.05) is 24.7 Å². The van der Waals surface area contributed by atoms with Gasteiger partial charge in [0.1, 0.15) is 0 Å². The fraction of sp³-hybridized carbons (Fsp3) is 0.500. The molecule has 0 N–H and O–H groups in total. The molecule has 17 heavy (non-hydrogen) atoms. The number of pyridine rings is 1. The Morgan fingerprint density at radius 2 is 2.29 bits per heavy atom. The fourth-order valence-electron chi connectivity index (χ4n) is 1.53. The lowest BCUT2D eigenvalue weighted by atomic mass is 10.2. The molecule has 0 aromatic carbocycles. The summed E-state index contributed by atoms with van der Waals surface area (Å²) in [6.07, 6.45) is 3.15. The minimum absolute atomic E-state index is 0.0123. The van der Waals surface area contributed by atoms with E-state index in [9.17, 15) is 9.18 Å². The molecule has 0 aliphatic carbocycles. The summed E-state index contributed by atoms with van der Waals surface area (Å²) in [6, 6.07) is 1.41. The van der Waals surface area contributed by atoms with Gasteiger partial charge < -0.3 is 4.90 Å². The van der Waals surface area contributed by atoms with Gasteiger partial charge in [-0.25, -0.2) is 4.39 Å². The highest BCUT2D eigenvalue weighted by atomic mass is 35.5. The van der Waals surface area contributed by atoms with Gasteiger partial charge in [0.15, 0.2) is 5.82 Å². The van der Waals surface area contributed by atoms with E-state index in [1.54, 1.807) is 4.90 Å². The molecule has 94 valence electrons. The summed E-state index contributed by atoms with van der Waals surface area (Å²) in [5.74, 6) is -0.422. The molecule has 0 atom stereocenters. The number of rotatable bonds is 5. The predicted octanol–water partition coefficient (Wildman–Crippen LogP) is 2.70. The number of halogens is 2. The molecule has 0 spiro atoms. The van der Waals surface area contributed by atoms with Crippen molar-refractivity contribution in [2.75, 3.05) is 12.4 Å². The summed E-state index contributed by atoms with van der Waals surface area (Å²) in [5.41, 5.74) is 0.0586. The van der Waals surface area contributed by atoms with Gasteiger partial charge in [0.2, 0.25) is 0 Å². The monoisotopic (exact) mass is 258 g/mol. The second kappa shape index (κ2) is 6.55. The summed E-state index contributed by atoms with van der Waals surface area (Å²) in [6.45, 7) is 4.32. The Labute approximate surface area is 106 Å². The van der Waals surface area contributed by atoms with E-state index in [1.807, 2.05) is 13.8 Å². The highest BCUT2D eigenvalue weighted by Crippen LogP contribution is 2.12. The Balaban J connectivity index is 2.88. The van der Waals surface area contributed by atoms with Gasteiger partial charge in [-0.3, -0.25) is 9.78 Å². The molecule has 0 aliphatic rings. The summed E-state index contributed by atoms with van der Waals surface area (Å²) in [4.78, 5) is 17.4. The first-order valence-electron chi connectivity index (χ1n) is 5.54. The first kappa shape index (κ1) is 13.9. The number of aromatic nitrogens is 1. The second-order valence-electron chi connectivity index (χ2n) is 3.99. The molecule has 0 fully saturated rings. The van der Waals surface area contributed by atoms with E-state index in [0.29, 0.717) is 18.8 Å². The largest absolute Gasteiger partial charge is 0.336 e. The van der Waals surface area contributed by atoms with Crippen LogP contribution in [0.4, 0.5) is 4.39 Å². The van der Waals surface area contributed by atoms with E-state index in [4.69, 9.17) is 11.6 Å². The number of amides is 1. The molecule has 0 aliphatic heterocycles. The van der Waals surface area contributed by atoms with E-state index >= 15 is 0 Å². The Hall–Kier alpha value is -1.16. The van der Waals surface area contributed by atoms with Gasteiger partial charge in [0.05, 0.1) is 11.8 Å². The van der Waals surface area contributed by atoms with E-state index < -0.39 is 5.82 Å². The molecule has 0 unspecified atom stereocenters. The zero-order valence-corrected chi connectivity index (χ0v) is 10.7. The van der Waals surface area contributed by atoms with Crippen LogP contribution in [0, 0.1) is 5.82 Å². The number of nitrogens with zero attached hydrogens (tertiary/aromatic N) is 2. The molecular formula is C12H16ClFN2O. The van der Waals surface area contributed by atoms with Crippen LogP contribution in [0.5, 0.6) is 0 Å². The molecule has 0 bridgehead atoms. The van der Waals surface area contributed by atoms with E-state index in [0.717, 1.165) is 6.20 Å². The zero-order valence-electron chi connectivity index (χ0n) is 9.99. The van der Waals surface area contributed by atoms with Crippen LogP contribution < -0.4 is 0 Å². The van der Waals surface area contributed by atoms with Crippen LogP contribution in [0.15, 0.2) is 18.5 Å². The summed E-state index contributed by atoms with van der Waals surface area (Å²) >= 11 is 5.61. The van der Waals surface area contributed by atoms with Crippen LogP contribution in [-0.2, 0) is 0 Å². The average Bonchev–Trinajstić information content (AvgIpc) is 2.29. The van der Waals surface area contributed by atoms with Crippen LogP contribution in [0.25, 0.3) is 0 Å². The maximum absolute atomic E-state index is 13.4. The van der Waals surface area contributed by atoms with Gasteiger partial charge in [0.25, 0.3) is 5.91 Å². The number of carbonyl (C=O) groups is 1. The predicted molar refractivity (Wildman–Crippen MR) is 65.7 cm³/mol. The minimum Gasteiger partial charge on any atom is -0.336 e. The number of hydrogen-bond acceptors (Lipinski definition) is 2. The van der Waals surface area contributed by atoms with Gasteiger partial charge >= 0.3 is 0 Å². The van der Waals surface area contributed by atoms with Crippen LogP contribution in [0.1, 0.15) is 30.6 Å². The molecule has 1 amide bonds. The lowest BCUT2D eigenvalue weighted by Crippen LogP contribution is -2.38. The third-order valence-electron chi connectivity index (χ3n) is 2.42. The van der Waals surface area contributed by atoms with E-state index in [-0.39, 0.29) is 17.5 Å². The van der Waals surface area contributed by atoms with Crippen molar-refractivity contribution in [1.29, 1.82) is 0 Å². The van der Waals surface area contributed by atoms with Gasteiger partial charge in [-0.15, -0.1) is 11.6 Å². The first-order valence-corrected chi connectivity index (χ1v) is 6.07. The van der Waals surface area contributed by atoms with Gasteiger partial charge in [-0.05, 0) is 26.3 Å². The van der Waals surface area contributed by atoms with Crippen LogP contribution in [0.3, 0.4) is 0 Å². The van der Waals surface area contributed by atoms with E-state index in [1.165, 1.54) is 12.3 Å². The third-order valence-corrected chi connectivity index (χ3v) is 2.69. The quantitative estimate of drug-likeness (QED) is 0.761. The fourth-order valence-corrected chi connectivity index (χ4v) is 1.65. The second-order valence-corrected chi connectivity index (χ2v) is 4.37. The molecule has 1 heterocycles. The highest BCUT2D eigenvalue weighted by molar-refractivity contribution is 6.17. The highest BCUT2D eigenvalue weighted by Gasteiger charge is 2.20. The van der Waals surface area contributed by atoms with E-state index in [2.05, 4.69) is 4.98 Å². The van der Waals surface area contributed by atoms with Crippen molar-refractivity contribution in [3.63, 3.8) is 0 Å². The maximum atomic E-state index is 13.4. The normalized spacial score (nSPS) is 10.6. The standard InChI is InChI=1S/C12H16ClFN2O/c1-9(2)16(7-3-5-13)12(17)10-4-6-15-8-11(10)14/h4,6,8-9H,3,5,7H2,1-2H3. The van der Waals surface area contributed by atoms with Crippen molar-refractivity contribution < 1.29 is 9.18 Å². The van der Waals surface area contributed by atoms with Gasteiger partial charge in [-0.1, -0.05) is 0 Å². The molecule has 1 aromatic rings. The molecule has 3 nitrogen and oxygen atoms in total. The first-order chi connectivity index (χ1) is 8.07. The molecule has 0 radical (unpaired) electrons. The van der Waals surface area contributed by atoms with Crippen LogP contribution >= 0.6 is 11.6 Å². The lowest BCUT2D eigenvalue weighted by Gasteiger charge is -2.26. The Morgan fingerprint density at radius 1 is 1.59 bits per heavy atom. The molecule has 0 saturated heterocycles. The Kier molecular flexibility index (Phi) is 5.35. The lowest BCUT2D eigenvalue weighted by molar-refractivity contribution is 0.0701. The van der Waals surface area contributed by atoms with Gasteiger partial charge in [-0.2, -0.15) is 0 Å². The third kappa shape index (κ3) is 3.66. The summed E-state index contributed by atoms with van der Waals surface area (Å²) < 4.78 is 13.4. The van der Waals surface area contributed by atoms with Crippen LogP contribution in [0.2, 0.25) is 0 Å². The zero-order chi connectivity index (χ0) is 12.8. The average molecular weight is 259 g/mol. The number of hydrogen-bond donors (Lipinski definition) is 0. The minimum atomic E-state index is -0.589. The van der Waals surface area contributed by atoms with Crippen molar-refractivity contribution in [2.24, 2.45) is 0 Å². The Bertz CT molecular complexity index is 385. The topological polar surface area (TPSA) is 33.2 Å². The SMILES string of the molecule is CC(C)N(CCCCl)C(=O)c1ccncc1F. The molecule has 1 rings (SSSR count). The molecule has 1 aromatic heterocycles. The van der Waals surface area contributed by atoms with Crippen molar-refractivity contribution in [2.45, 2.75) is 26.3 Å². The van der Waals surface area contributed by atoms with Crippen LogP contribution in [-0.4, -0.2) is 34.3 Å². The smallest absolute Gasteiger partial charge is 0.257 e. The number of alkyl halides is 1. The molecule has 0 saturated carbocycles. The summed E-state index contributed by atoms with van der Waals surface area (Å²) in [7, 11) is 0. The van der Waals surface area contributed by atoms with Crippen molar-refractivity contribution in [3.8, 4) is 0 Å². The van der Waals surface area contributed by atoms with Crippen molar-refractivity contribution in [1.82, 2.24) is 9.88 Å². The van der Waals surface area contributed by atoms with Crippen molar-refractivity contribution >= 4 is 17.5 Å². The molecule has 5 heteroatoms. The Morgan fingerprint density at radius 3 is 2.82 bits per heavy atom. The maximum Gasteiger partial charge on any atom is 0.257 e. The summed E-state index contributed by atoms with van der Waals surface area (Å²) in [5, 5.41) is 0. The number of carbonyl (C=O) groups excluding carboxylic acids is 1. The molecular weight excluding hydrogens is 243 g/mol.